The molecule has 0 bridgehead atoms. The molecule has 0 aliphatic carbocycles. The lowest BCUT2D eigenvalue weighted by Crippen LogP contribution is -2.22. The molecule has 0 fully saturated rings. The number of benzene rings is 1. The van der Waals surface area contributed by atoms with E-state index in [0.717, 1.165) is 11.1 Å². The second-order valence-electron chi connectivity index (χ2n) is 4.60. The van der Waals surface area contributed by atoms with Crippen molar-refractivity contribution in [3.63, 3.8) is 0 Å². The van der Waals surface area contributed by atoms with Crippen LogP contribution in [0.3, 0.4) is 0 Å². The minimum absolute atomic E-state index is 0.0387. The van der Waals surface area contributed by atoms with Crippen molar-refractivity contribution in [1.82, 2.24) is 10.3 Å². The van der Waals surface area contributed by atoms with Crippen molar-refractivity contribution in [3.8, 4) is 0 Å². The molecule has 0 amide bonds. The van der Waals surface area contributed by atoms with Crippen LogP contribution in [0.25, 0.3) is 0 Å². The van der Waals surface area contributed by atoms with Crippen LogP contribution in [-0.2, 0) is 0 Å². The summed E-state index contributed by atoms with van der Waals surface area (Å²) < 4.78 is 26.0. The zero-order valence-corrected chi connectivity index (χ0v) is 10.9. The molecule has 2 rings (SSSR count). The maximum absolute atomic E-state index is 13.1. The summed E-state index contributed by atoms with van der Waals surface area (Å²) in [6.07, 6.45) is 2.82. The van der Waals surface area contributed by atoms with Crippen LogP contribution < -0.4 is 5.32 Å². The summed E-state index contributed by atoms with van der Waals surface area (Å²) in [5, 5.41) is 3.33. The quantitative estimate of drug-likeness (QED) is 0.907. The van der Waals surface area contributed by atoms with Crippen LogP contribution in [0.2, 0.25) is 0 Å². The summed E-state index contributed by atoms with van der Waals surface area (Å²) in [7, 11) is 0. The molecule has 100 valence electrons. The molecule has 0 aliphatic rings. The average Bonchev–Trinajstić information content (AvgIpc) is 2.39. The molecule has 1 heterocycles. The summed E-state index contributed by atoms with van der Waals surface area (Å²) in [6, 6.07) is 7.81. The molecule has 0 saturated heterocycles. The average molecular weight is 262 g/mol. The third-order valence-electron chi connectivity index (χ3n) is 3.10. The Labute approximate surface area is 111 Å². The van der Waals surface area contributed by atoms with E-state index in [-0.39, 0.29) is 23.7 Å². The van der Waals surface area contributed by atoms with Crippen LogP contribution in [-0.4, -0.2) is 4.98 Å². The lowest BCUT2D eigenvalue weighted by Gasteiger charge is -2.20. The van der Waals surface area contributed by atoms with Gasteiger partial charge in [0, 0.05) is 18.3 Å². The molecule has 0 spiro atoms. The summed E-state index contributed by atoms with van der Waals surface area (Å²) in [6.45, 7) is 3.92. The van der Waals surface area contributed by atoms with Gasteiger partial charge in [0.05, 0.1) is 6.20 Å². The Bertz CT molecular complexity index is 540. The van der Waals surface area contributed by atoms with E-state index in [2.05, 4.69) is 10.3 Å². The van der Waals surface area contributed by atoms with Gasteiger partial charge in [0.15, 0.2) is 0 Å². The Hall–Kier alpha value is -1.81. The molecule has 1 N–H and O–H groups in total. The molecule has 0 radical (unpaired) electrons. The predicted octanol–water partition coefficient (Wildman–Crippen LogP) is 3.77. The first kappa shape index (κ1) is 13.6. The zero-order valence-electron chi connectivity index (χ0n) is 10.9. The van der Waals surface area contributed by atoms with Crippen molar-refractivity contribution >= 4 is 0 Å². The third kappa shape index (κ3) is 3.58. The SMILES string of the molecule is CC(NC(C)c1cncc(F)c1)c1ccc(F)cc1. The number of pyridine rings is 1. The molecular formula is C15H16F2N2. The highest BCUT2D eigenvalue weighted by Crippen LogP contribution is 2.19. The van der Waals surface area contributed by atoms with Crippen molar-refractivity contribution in [3.05, 3.63) is 65.5 Å². The number of hydrogen-bond acceptors (Lipinski definition) is 2. The largest absolute Gasteiger partial charge is 0.304 e. The van der Waals surface area contributed by atoms with Gasteiger partial charge in [-0.25, -0.2) is 8.78 Å². The van der Waals surface area contributed by atoms with E-state index < -0.39 is 0 Å². The molecule has 2 atom stereocenters. The first-order valence-electron chi connectivity index (χ1n) is 6.18. The normalized spacial score (nSPS) is 14.1. The molecule has 2 unspecified atom stereocenters. The number of rotatable bonds is 4. The fourth-order valence-corrected chi connectivity index (χ4v) is 1.98. The van der Waals surface area contributed by atoms with Gasteiger partial charge in [-0.15, -0.1) is 0 Å². The zero-order chi connectivity index (χ0) is 13.8. The summed E-state index contributed by atoms with van der Waals surface area (Å²) in [4.78, 5) is 3.83. The third-order valence-corrected chi connectivity index (χ3v) is 3.10. The predicted molar refractivity (Wildman–Crippen MR) is 70.6 cm³/mol. The number of halogens is 2. The number of aromatic nitrogens is 1. The van der Waals surface area contributed by atoms with Gasteiger partial charge in [0.25, 0.3) is 0 Å². The van der Waals surface area contributed by atoms with Crippen molar-refractivity contribution in [2.24, 2.45) is 0 Å². The standard InChI is InChI=1S/C15H16F2N2/c1-10(12-3-5-14(16)6-4-12)19-11(2)13-7-15(17)9-18-8-13/h3-11,19H,1-2H3. The first-order chi connectivity index (χ1) is 9.06. The summed E-state index contributed by atoms with van der Waals surface area (Å²) >= 11 is 0. The van der Waals surface area contributed by atoms with Crippen LogP contribution >= 0.6 is 0 Å². The second kappa shape index (κ2) is 5.89. The van der Waals surface area contributed by atoms with Crippen LogP contribution in [0.4, 0.5) is 8.78 Å². The Morgan fingerprint density at radius 2 is 1.53 bits per heavy atom. The van der Waals surface area contributed by atoms with Gasteiger partial charge in [0.2, 0.25) is 0 Å². The second-order valence-corrected chi connectivity index (χ2v) is 4.60. The van der Waals surface area contributed by atoms with Crippen molar-refractivity contribution < 1.29 is 8.78 Å². The molecule has 1 aromatic heterocycles. The smallest absolute Gasteiger partial charge is 0.141 e. The molecule has 0 aliphatic heterocycles. The van der Waals surface area contributed by atoms with E-state index in [1.54, 1.807) is 18.3 Å². The first-order valence-corrected chi connectivity index (χ1v) is 6.18. The van der Waals surface area contributed by atoms with Gasteiger partial charge < -0.3 is 5.32 Å². The molecule has 2 aromatic rings. The molecule has 2 nitrogen and oxygen atoms in total. The monoisotopic (exact) mass is 262 g/mol. The molecule has 19 heavy (non-hydrogen) atoms. The molecular weight excluding hydrogens is 246 g/mol. The van der Waals surface area contributed by atoms with Gasteiger partial charge >= 0.3 is 0 Å². The van der Waals surface area contributed by atoms with E-state index >= 15 is 0 Å². The van der Waals surface area contributed by atoms with E-state index in [1.165, 1.54) is 24.4 Å². The molecule has 4 heteroatoms. The minimum Gasteiger partial charge on any atom is -0.304 e. The Morgan fingerprint density at radius 1 is 0.895 bits per heavy atom. The van der Waals surface area contributed by atoms with E-state index in [4.69, 9.17) is 0 Å². The Balaban J connectivity index is 2.06. The van der Waals surface area contributed by atoms with Gasteiger partial charge in [0.1, 0.15) is 11.6 Å². The fourth-order valence-electron chi connectivity index (χ4n) is 1.98. The number of hydrogen-bond donors (Lipinski definition) is 1. The molecule has 0 saturated carbocycles. The summed E-state index contributed by atoms with van der Waals surface area (Å²) in [5.74, 6) is -0.598. The Morgan fingerprint density at radius 3 is 2.16 bits per heavy atom. The number of nitrogens with zero attached hydrogens (tertiary/aromatic N) is 1. The van der Waals surface area contributed by atoms with Crippen molar-refractivity contribution in [1.29, 1.82) is 0 Å². The lowest BCUT2D eigenvalue weighted by molar-refractivity contribution is 0.489. The minimum atomic E-state index is -0.347. The van der Waals surface area contributed by atoms with Crippen LogP contribution in [0, 0.1) is 11.6 Å². The highest BCUT2D eigenvalue weighted by atomic mass is 19.1. The van der Waals surface area contributed by atoms with Gasteiger partial charge in [-0.2, -0.15) is 0 Å². The fraction of sp³-hybridized carbons (Fsp3) is 0.267. The van der Waals surface area contributed by atoms with E-state index in [0.29, 0.717) is 0 Å². The number of nitrogens with one attached hydrogen (secondary N) is 1. The topological polar surface area (TPSA) is 24.9 Å². The van der Waals surface area contributed by atoms with Crippen LogP contribution in [0.15, 0.2) is 42.7 Å². The highest BCUT2D eigenvalue weighted by Gasteiger charge is 2.12. The van der Waals surface area contributed by atoms with Crippen LogP contribution in [0.5, 0.6) is 0 Å². The van der Waals surface area contributed by atoms with Crippen LogP contribution in [0.1, 0.15) is 37.1 Å². The molecule has 1 aromatic carbocycles. The van der Waals surface area contributed by atoms with Gasteiger partial charge in [-0.3, -0.25) is 4.98 Å². The maximum Gasteiger partial charge on any atom is 0.141 e. The van der Waals surface area contributed by atoms with E-state index in [1.807, 2.05) is 13.8 Å². The van der Waals surface area contributed by atoms with Gasteiger partial charge in [-0.05, 0) is 43.2 Å². The van der Waals surface area contributed by atoms with Crippen molar-refractivity contribution in [2.45, 2.75) is 25.9 Å². The highest BCUT2D eigenvalue weighted by molar-refractivity contribution is 5.21. The summed E-state index contributed by atoms with van der Waals surface area (Å²) in [5.41, 5.74) is 1.77. The van der Waals surface area contributed by atoms with Crippen molar-refractivity contribution in [2.75, 3.05) is 0 Å². The van der Waals surface area contributed by atoms with E-state index in [9.17, 15) is 8.78 Å². The van der Waals surface area contributed by atoms with Gasteiger partial charge in [-0.1, -0.05) is 12.1 Å². The maximum atomic E-state index is 13.1. The Kier molecular flexibility index (Phi) is 4.22. The lowest BCUT2D eigenvalue weighted by atomic mass is 10.1.